The van der Waals surface area contributed by atoms with Crippen LogP contribution in [0.5, 0.6) is 0 Å². The van der Waals surface area contributed by atoms with Gasteiger partial charge in [-0.25, -0.2) is 0 Å². The number of fused-ring (bicyclic) bond motifs is 1. The fraction of sp³-hybridized carbons (Fsp3) is 0.800. The molecule has 0 heterocycles. The second-order valence-electron chi connectivity index (χ2n) is 3.96. The minimum absolute atomic E-state index is 0.470. The molecule has 1 heteroatoms. The van der Waals surface area contributed by atoms with Gasteiger partial charge in [-0.05, 0) is 38.5 Å². The zero-order valence-corrected chi connectivity index (χ0v) is 7.10. The number of nitrogens with two attached hydrogens (primary N) is 1. The highest BCUT2D eigenvalue weighted by molar-refractivity contribution is 5.22. The topological polar surface area (TPSA) is 26.0 Å². The van der Waals surface area contributed by atoms with E-state index in [1.165, 1.54) is 38.5 Å². The van der Waals surface area contributed by atoms with Gasteiger partial charge in [0.1, 0.15) is 0 Å². The predicted octanol–water partition coefficient (Wildman–Crippen LogP) is 2.23. The lowest BCUT2D eigenvalue weighted by atomic mass is 9.74. The van der Waals surface area contributed by atoms with Gasteiger partial charge in [0.2, 0.25) is 0 Å². The molecule has 1 unspecified atom stereocenters. The van der Waals surface area contributed by atoms with E-state index in [1.54, 1.807) is 5.57 Å². The molecule has 62 valence electrons. The van der Waals surface area contributed by atoms with Crippen LogP contribution >= 0.6 is 0 Å². The third kappa shape index (κ3) is 1.02. The molecule has 0 amide bonds. The lowest BCUT2D eigenvalue weighted by Gasteiger charge is -2.32. The maximum Gasteiger partial charge on any atom is 0.00347 e. The standard InChI is InChI=1S/C10H17N/c11-8-10-6-2-1-4-9(10)5-3-7-10/h4H,1-3,5-8,11H2. The highest BCUT2D eigenvalue weighted by Gasteiger charge is 2.37. The van der Waals surface area contributed by atoms with E-state index in [-0.39, 0.29) is 0 Å². The van der Waals surface area contributed by atoms with Crippen LogP contribution in [0.25, 0.3) is 0 Å². The van der Waals surface area contributed by atoms with Crippen LogP contribution < -0.4 is 5.73 Å². The summed E-state index contributed by atoms with van der Waals surface area (Å²) < 4.78 is 0. The van der Waals surface area contributed by atoms with Crippen LogP contribution in [0.4, 0.5) is 0 Å². The van der Waals surface area contributed by atoms with Crippen LogP contribution in [0.15, 0.2) is 11.6 Å². The molecule has 1 atom stereocenters. The lowest BCUT2D eigenvalue weighted by Crippen LogP contribution is -2.30. The molecular weight excluding hydrogens is 134 g/mol. The second-order valence-corrected chi connectivity index (χ2v) is 3.96. The molecule has 0 saturated heterocycles. The Kier molecular flexibility index (Phi) is 1.76. The van der Waals surface area contributed by atoms with E-state index < -0.39 is 0 Å². The molecule has 0 aromatic rings. The minimum atomic E-state index is 0.470. The highest BCUT2D eigenvalue weighted by Crippen LogP contribution is 2.48. The molecule has 0 radical (unpaired) electrons. The molecule has 11 heavy (non-hydrogen) atoms. The highest BCUT2D eigenvalue weighted by atomic mass is 14.6. The number of allylic oxidation sites excluding steroid dienone is 1. The third-order valence-corrected chi connectivity index (χ3v) is 3.42. The first-order chi connectivity index (χ1) is 5.37. The van der Waals surface area contributed by atoms with Gasteiger partial charge in [0, 0.05) is 12.0 Å². The van der Waals surface area contributed by atoms with Gasteiger partial charge < -0.3 is 5.73 Å². The van der Waals surface area contributed by atoms with Crippen molar-refractivity contribution in [2.24, 2.45) is 11.1 Å². The molecule has 1 saturated carbocycles. The van der Waals surface area contributed by atoms with Crippen LogP contribution in [0.2, 0.25) is 0 Å². The summed E-state index contributed by atoms with van der Waals surface area (Å²) >= 11 is 0. The molecular formula is C10H17N. The van der Waals surface area contributed by atoms with Crippen molar-refractivity contribution in [1.82, 2.24) is 0 Å². The third-order valence-electron chi connectivity index (χ3n) is 3.42. The smallest absolute Gasteiger partial charge is 0.00347 e. The van der Waals surface area contributed by atoms with E-state index in [0.29, 0.717) is 5.41 Å². The Hall–Kier alpha value is -0.300. The minimum Gasteiger partial charge on any atom is -0.330 e. The Labute approximate surface area is 68.7 Å². The van der Waals surface area contributed by atoms with Crippen LogP contribution in [-0.4, -0.2) is 6.54 Å². The molecule has 2 N–H and O–H groups in total. The predicted molar refractivity (Wildman–Crippen MR) is 47.3 cm³/mol. The largest absolute Gasteiger partial charge is 0.330 e. The van der Waals surface area contributed by atoms with Gasteiger partial charge in [-0.2, -0.15) is 0 Å². The summed E-state index contributed by atoms with van der Waals surface area (Å²) in [6, 6.07) is 0. The van der Waals surface area contributed by atoms with Gasteiger partial charge in [-0.15, -0.1) is 0 Å². The average molecular weight is 151 g/mol. The zero-order chi connectivity index (χ0) is 7.73. The van der Waals surface area contributed by atoms with Gasteiger partial charge in [0.05, 0.1) is 0 Å². The Bertz CT molecular complexity index is 183. The number of rotatable bonds is 1. The maximum absolute atomic E-state index is 5.84. The SMILES string of the molecule is NCC12CCCC=C1CCC2. The van der Waals surface area contributed by atoms with Crippen molar-refractivity contribution < 1.29 is 0 Å². The van der Waals surface area contributed by atoms with Crippen LogP contribution in [0, 0.1) is 5.41 Å². The van der Waals surface area contributed by atoms with E-state index in [9.17, 15) is 0 Å². The van der Waals surface area contributed by atoms with Crippen LogP contribution in [0.3, 0.4) is 0 Å². The number of hydrogen-bond donors (Lipinski definition) is 1. The second kappa shape index (κ2) is 2.63. The van der Waals surface area contributed by atoms with E-state index in [4.69, 9.17) is 5.73 Å². The fourth-order valence-electron chi connectivity index (χ4n) is 2.70. The van der Waals surface area contributed by atoms with Gasteiger partial charge >= 0.3 is 0 Å². The van der Waals surface area contributed by atoms with Crippen molar-refractivity contribution in [3.05, 3.63) is 11.6 Å². The quantitative estimate of drug-likeness (QED) is 0.571. The van der Waals surface area contributed by atoms with Crippen molar-refractivity contribution in [3.63, 3.8) is 0 Å². The number of hydrogen-bond acceptors (Lipinski definition) is 1. The summed E-state index contributed by atoms with van der Waals surface area (Å²) in [5.74, 6) is 0. The van der Waals surface area contributed by atoms with Gasteiger partial charge in [0.25, 0.3) is 0 Å². The Morgan fingerprint density at radius 1 is 1.36 bits per heavy atom. The summed E-state index contributed by atoms with van der Waals surface area (Å²) in [6.07, 6.45) is 10.5. The van der Waals surface area contributed by atoms with Crippen molar-refractivity contribution in [1.29, 1.82) is 0 Å². The molecule has 1 nitrogen and oxygen atoms in total. The summed E-state index contributed by atoms with van der Waals surface area (Å²) in [4.78, 5) is 0. The summed E-state index contributed by atoms with van der Waals surface area (Å²) in [5.41, 5.74) is 8.00. The van der Waals surface area contributed by atoms with Crippen molar-refractivity contribution in [2.45, 2.75) is 38.5 Å². The van der Waals surface area contributed by atoms with Gasteiger partial charge in [0.15, 0.2) is 0 Å². The Morgan fingerprint density at radius 3 is 2.91 bits per heavy atom. The summed E-state index contributed by atoms with van der Waals surface area (Å²) in [5, 5.41) is 0. The van der Waals surface area contributed by atoms with Crippen molar-refractivity contribution in [3.8, 4) is 0 Å². The molecule has 0 spiro atoms. The van der Waals surface area contributed by atoms with Gasteiger partial charge in [-0.1, -0.05) is 11.6 Å². The normalized spacial score (nSPS) is 36.6. The first-order valence-corrected chi connectivity index (χ1v) is 4.77. The molecule has 2 aliphatic carbocycles. The maximum atomic E-state index is 5.84. The Morgan fingerprint density at radius 2 is 2.18 bits per heavy atom. The van der Waals surface area contributed by atoms with E-state index in [0.717, 1.165) is 6.54 Å². The van der Waals surface area contributed by atoms with Crippen molar-refractivity contribution >= 4 is 0 Å². The monoisotopic (exact) mass is 151 g/mol. The average Bonchev–Trinajstić information content (AvgIpc) is 2.48. The molecule has 0 bridgehead atoms. The molecule has 2 rings (SSSR count). The zero-order valence-electron chi connectivity index (χ0n) is 7.10. The molecule has 0 aliphatic heterocycles. The molecule has 0 aromatic heterocycles. The molecule has 2 aliphatic rings. The van der Waals surface area contributed by atoms with E-state index in [1.807, 2.05) is 0 Å². The fourth-order valence-corrected chi connectivity index (χ4v) is 2.70. The molecule has 1 fully saturated rings. The lowest BCUT2D eigenvalue weighted by molar-refractivity contribution is 0.324. The van der Waals surface area contributed by atoms with E-state index in [2.05, 4.69) is 6.08 Å². The van der Waals surface area contributed by atoms with Crippen LogP contribution in [0.1, 0.15) is 38.5 Å². The van der Waals surface area contributed by atoms with Gasteiger partial charge in [-0.3, -0.25) is 0 Å². The Balaban J connectivity index is 2.27. The molecule has 0 aromatic carbocycles. The van der Waals surface area contributed by atoms with E-state index >= 15 is 0 Å². The van der Waals surface area contributed by atoms with Crippen molar-refractivity contribution in [2.75, 3.05) is 6.54 Å². The summed E-state index contributed by atoms with van der Waals surface area (Å²) in [6.45, 7) is 0.888. The van der Waals surface area contributed by atoms with Crippen LogP contribution in [-0.2, 0) is 0 Å². The summed E-state index contributed by atoms with van der Waals surface area (Å²) in [7, 11) is 0. The first-order valence-electron chi connectivity index (χ1n) is 4.77. The first kappa shape index (κ1) is 7.35.